The first-order valence-corrected chi connectivity index (χ1v) is 7.09. The Morgan fingerprint density at radius 1 is 1.40 bits per heavy atom. The molecule has 6 heteroatoms. The van der Waals surface area contributed by atoms with Crippen LogP contribution in [0.25, 0.3) is 0 Å². The Balaban J connectivity index is 1.98. The second kappa shape index (κ2) is 5.93. The fourth-order valence-corrected chi connectivity index (χ4v) is 1.90. The molecule has 1 saturated carbocycles. The molecule has 20 heavy (non-hydrogen) atoms. The lowest BCUT2D eigenvalue weighted by atomic mass is 9.96. The standard InChI is InChI=1S/C14H25N5O/c1-14(2,3)13-16-11(18-15)9-12(17-13)20-8-7-19(4)10-5-6-10/h9-10H,5-8,15H2,1-4H3,(H,16,17,18). The van der Waals surface area contributed by atoms with Crippen molar-refractivity contribution < 1.29 is 4.74 Å². The number of likely N-dealkylation sites (N-methyl/N-ethyl adjacent to an activating group) is 1. The van der Waals surface area contributed by atoms with Crippen LogP contribution in [0.1, 0.15) is 39.4 Å². The number of nitrogens with zero attached hydrogens (tertiary/aromatic N) is 3. The number of nitrogens with two attached hydrogens (primary N) is 1. The minimum atomic E-state index is -0.143. The Hall–Kier alpha value is -1.40. The van der Waals surface area contributed by atoms with Crippen LogP contribution in [0, 0.1) is 0 Å². The molecule has 1 aromatic heterocycles. The van der Waals surface area contributed by atoms with Gasteiger partial charge in [-0.3, -0.25) is 0 Å². The Morgan fingerprint density at radius 2 is 2.10 bits per heavy atom. The minimum absolute atomic E-state index is 0.143. The predicted octanol–water partition coefficient (Wildman–Crippen LogP) is 1.53. The molecule has 0 atom stereocenters. The molecule has 2 rings (SSSR count). The van der Waals surface area contributed by atoms with Gasteiger partial charge in [0.1, 0.15) is 18.2 Å². The normalized spacial score (nSPS) is 15.5. The van der Waals surface area contributed by atoms with E-state index in [-0.39, 0.29) is 5.41 Å². The highest BCUT2D eigenvalue weighted by Crippen LogP contribution is 2.25. The van der Waals surface area contributed by atoms with E-state index in [4.69, 9.17) is 10.6 Å². The van der Waals surface area contributed by atoms with Crippen molar-refractivity contribution in [3.8, 4) is 5.88 Å². The molecule has 1 aliphatic rings. The zero-order valence-corrected chi connectivity index (χ0v) is 12.8. The molecule has 0 bridgehead atoms. The number of hydrazine groups is 1. The van der Waals surface area contributed by atoms with E-state index in [1.165, 1.54) is 12.8 Å². The first-order chi connectivity index (χ1) is 9.40. The molecule has 0 aromatic carbocycles. The summed E-state index contributed by atoms with van der Waals surface area (Å²) in [6.45, 7) is 7.72. The summed E-state index contributed by atoms with van der Waals surface area (Å²) in [5, 5.41) is 0. The molecular formula is C14H25N5O. The van der Waals surface area contributed by atoms with Crippen LogP contribution in [0.5, 0.6) is 5.88 Å². The van der Waals surface area contributed by atoms with Crippen molar-refractivity contribution in [1.29, 1.82) is 0 Å². The molecule has 1 aromatic rings. The number of hydrogen-bond acceptors (Lipinski definition) is 6. The van der Waals surface area contributed by atoms with E-state index in [9.17, 15) is 0 Å². The first-order valence-electron chi connectivity index (χ1n) is 7.09. The number of hydrogen-bond donors (Lipinski definition) is 2. The lowest BCUT2D eigenvalue weighted by Crippen LogP contribution is -2.26. The van der Waals surface area contributed by atoms with Gasteiger partial charge >= 0.3 is 0 Å². The minimum Gasteiger partial charge on any atom is -0.476 e. The first kappa shape index (κ1) is 15.0. The summed E-state index contributed by atoms with van der Waals surface area (Å²) in [5.74, 6) is 7.32. The molecule has 0 radical (unpaired) electrons. The van der Waals surface area contributed by atoms with Gasteiger partial charge in [0.2, 0.25) is 5.88 Å². The van der Waals surface area contributed by atoms with Crippen molar-refractivity contribution in [2.45, 2.75) is 45.1 Å². The number of nitrogens with one attached hydrogen (secondary N) is 1. The predicted molar refractivity (Wildman–Crippen MR) is 79.7 cm³/mol. The quantitative estimate of drug-likeness (QED) is 0.607. The van der Waals surface area contributed by atoms with Gasteiger partial charge in [0, 0.05) is 24.1 Å². The van der Waals surface area contributed by atoms with Crippen LogP contribution in [0.4, 0.5) is 5.82 Å². The van der Waals surface area contributed by atoms with Gasteiger partial charge in [-0.1, -0.05) is 20.8 Å². The van der Waals surface area contributed by atoms with Crippen molar-refractivity contribution in [2.24, 2.45) is 5.84 Å². The third kappa shape index (κ3) is 4.05. The van der Waals surface area contributed by atoms with Gasteiger partial charge in [0.15, 0.2) is 0 Å². The highest BCUT2D eigenvalue weighted by Gasteiger charge is 2.25. The average molecular weight is 279 g/mol. The highest BCUT2D eigenvalue weighted by atomic mass is 16.5. The largest absolute Gasteiger partial charge is 0.476 e. The molecule has 0 amide bonds. The van der Waals surface area contributed by atoms with Gasteiger partial charge in [-0.25, -0.2) is 10.8 Å². The summed E-state index contributed by atoms with van der Waals surface area (Å²) in [6.07, 6.45) is 2.61. The van der Waals surface area contributed by atoms with Crippen molar-refractivity contribution in [1.82, 2.24) is 14.9 Å². The molecular weight excluding hydrogens is 254 g/mol. The lowest BCUT2D eigenvalue weighted by Gasteiger charge is -2.19. The number of ether oxygens (including phenoxy) is 1. The highest BCUT2D eigenvalue weighted by molar-refractivity contribution is 5.37. The summed E-state index contributed by atoms with van der Waals surface area (Å²) in [6, 6.07) is 2.47. The van der Waals surface area contributed by atoms with Crippen LogP contribution in [0.15, 0.2) is 6.07 Å². The summed E-state index contributed by atoms with van der Waals surface area (Å²) >= 11 is 0. The fourth-order valence-electron chi connectivity index (χ4n) is 1.90. The molecule has 0 saturated heterocycles. The smallest absolute Gasteiger partial charge is 0.218 e. The van der Waals surface area contributed by atoms with Crippen molar-refractivity contribution >= 4 is 5.82 Å². The van der Waals surface area contributed by atoms with E-state index in [0.29, 0.717) is 18.3 Å². The third-order valence-electron chi connectivity index (χ3n) is 3.39. The van der Waals surface area contributed by atoms with Gasteiger partial charge in [0.05, 0.1) is 0 Å². The van der Waals surface area contributed by atoms with E-state index in [1.54, 1.807) is 6.07 Å². The summed E-state index contributed by atoms with van der Waals surface area (Å²) in [5.41, 5.74) is 2.42. The monoisotopic (exact) mass is 279 g/mol. The molecule has 112 valence electrons. The molecule has 1 aliphatic carbocycles. The average Bonchev–Trinajstić information content (AvgIpc) is 3.21. The molecule has 0 aliphatic heterocycles. The second-order valence-electron chi connectivity index (χ2n) is 6.37. The number of nitrogen functional groups attached to an aromatic ring is 1. The van der Waals surface area contributed by atoms with Crippen molar-refractivity contribution in [3.63, 3.8) is 0 Å². The molecule has 0 unspecified atom stereocenters. The zero-order chi connectivity index (χ0) is 14.8. The van der Waals surface area contributed by atoms with Crippen LogP contribution in [0.2, 0.25) is 0 Å². The van der Waals surface area contributed by atoms with Crippen LogP contribution in [0.3, 0.4) is 0 Å². The Labute approximate surface area is 120 Å². The molecule has 3 N–H and O–H groups in total. The second-order valence-corrected chi connectivity index (χ2v) is 6.37. The van der Waals surface area contributed by atoms with E-state index >= 15 is 0 Å². The number of aromatic nitrogens is 2. The zero-order valence-electron chi connectivity index (χ0n) is 12.8. The third-order valence-corrected chi connectivity index (χ3v) is 3.39. The number of rotatable bonds is 6. The summed E-state index contributed by atoms with van der Waals surface area (Å²) in [4.78, 5) is 11.2. The van der Waals surface area contributed by atoms with Crippen LogP contribution in [-0.4, -0.2) is 41.1 Å². The Bertz CT molecular complexity index is 453. The lowest BCUT2D eigenvalue weighted by molar-refractivity contribution is 0.225. The van der Waals surface area contributed by atoms with E-state index in [0.717, 1.165) is 18.4 Å². The molecule has 1 heterocycles. The SMILES string of the molecule is CN(CCOc1cc(NN)nc(C(C)(C)C)n1)C1CC1. The molecule has 0 spiro atoms. The van der Waals surface area contributed by atoms with Gasteiger partial charge in [0.25, 0.3) is 0 Å². The maximum atomic E-state index is 5.74. The van der Waals surface area contributed by atoms with Gasteiger partial charge in [-0.15, -0.1) is 0 Å². The van der Waals surface area contributed by atoms with Gasteiger partial charge in [-0.05, 0) is 19.9 Å². The van der Waals surface area contributed by atoms with E-state index in [2.05, 4.69) is 48.1 Å². The molecule has 1 fully saturated rings. The maximum Gasteiger partial charge on any atom is 0.218 e. The Kier molecular flexibility index (Phi) is 4.45. The van der Waals surface area contributed by atoms with Crippen LogP contribution in [-0.2, 0) is 5.41 Å². The maximum absolute atomic E-state index is 5.74. The topological polar surface area (TPSA) is 76.3 Å². The fraction of sp³-hybridized carbons (Fsp3) is 0.714. The van der Waals surface area contributed by atoms with E-state index < -0.39 is 0 Å². The van der Waals surface area contributed by atoms with Crippen molar-refractivity contribution in [3.05, 3.63) is 11.9 Å². The summed E-state index contributed by atoms with van der Waals surface area (Å²) in [7, 11) is 2.13. The summed E-state index contributed by atoms with van der Waals surface area (Å²) < 4.78 is 5.74. The van der Waals surface area contributed by atoms with Gasteiger partial charge in [-0.2, -0.15) is 4.98 Å². The van der Waals surface area contributed by atoms with Crippen LogP contribution >= 0.6 is 0 Å². The molecule has 6 nitrogen and oxygen atoms in total. The number of anilines is 1. The Morgan fingerprint density at radius 3 is 2.65 bits per heavy atom. The van der Waals surface area contributed by atoms with Crippen molar-refractivity contribution in [2.75, 3.05) is 25.6 Å². The van der Waals surface area contributed by atoms with Gasteiger partial charge < -0.3 is 15.1 Å². The van der Waals surface area contributed by atoms with Crippen LogP contribution < -0.4 is 16.0 Å². The van der Waals surface area contributed by atoms with E-state index in [1.807, 2.05) is 0 Å².